The lowest BCUT2D eigenvalue weighted by atomic mass is 10.2. The number of furan rings is 1. The molecule has 1 aliphatic heterocycles. The Labute approximate surface area is 167 Å². The monoisotopic (exact) mass is 390 g/mol. The molecule has 1 aliphatic rings. The van der Waals surface area contributed by atoms with Crippen molar-refractivity contribution >= 4 is 33.6 Å². The molecule has 1 fully saturated rings. The van der Waals surface area contributed by atoms with Crippen molar-refractivity contribution in [2.24, 2.45) is 0 Å². The van der Waals surface area contributed by atoms with E-state index in [2.05, 4.69) is 37.1 Å². The van der Waals surface area contributed by atoms with E-state index in [9.17, 15) is 4.79 Å². The van der Waals surface area contributed by atoms with Crippen molar-refractivity contribution in [3.05, 3.63) is 54.3 Å². The van der Waals surface area contributed by atoms with Crippen LogP contribution in [-0.2, 0) is 6.54 Å². The summed E-state index contributed by atoms with van der Waals surface area (Å²) in [5, 5.41) is 3.69. The first kappa shape index (κ1) is 17.8. The van der Waals surface area contributed by atoms with Crippen molar-refractivity contribution < 1.29 is 9.21 Å². The largest absolute Gasteiger partial charge is 0.451 e. The standard InChI is InChI=1S/C21H22N6O2/c1-26-6-8-27(9-7-26)13-20-24-16-3-2-15(11-17(16)25-20)23-21(28)19-10-14-12-22-5-4-18(14)29-19/h2-5,10-12H,6-9,13H2,1H3,(H,23,28)(H,24,25). The number of likely N-dealkylation sites (N-methyl/N-ethyl adjacent to an activating group) is 1. The van der Waals surface area contributed by atoms with Crippen LogP contribution in [0.2, 0.25) is 0 Å². The van der Waals surface area contributed by atoms with Crippen LogP contribution in [0.5, 0.6) is 0 Å². The molecule has 29 heavy (non-hydrogen) atoms. The second-order valence-electron chi connectivity index (χ2n) is 7.47. The van der Waals surface area contributed by atoms with Crippen LogP contribution in [0.25, 0.3) is 22.0 Å². The van der Waals surface area contributed by atoms with E-state index in [-0.39, 0.29) is 11.7 Å². The molecule has 4 aromatic rings. The van der Waals surface area contributed by atoms with Crippen molar-refractivity contribution in [1.29, 1.82) is 0 Å². The summed E-state index contributed by atoms with van der Waals surface area (Å²) < 4.78 is 5.60. The summed E-state index contributed by atoms with van der Waals surface area (Å²) in [4.78, 5) is 29.4. The number of nitrogens with one attached hydrogen (secondary N) is 2. The highest BCUT2D eigenvalue weighted by Crippen LogP contribution is 2.21. The highest BCUT2D eigenvalue weighted by atomic mass is 16.3. The molecule has 0 unspecified atom stereocenters. The molecule has 2 N–H and O–H groups in total. The minimum Gasteiger partial charge on any atom is -0.451 e. The zero-order valence-corrected chi connectivity index (χ0v) is 16.2. The molecule has 1 saturated heterocycles. The van der Waals surface area contributed by atoms with E-state index in [1.165, 1.54) is 0 Å². The number of aromatic nitrogens is 3. The van der Waals surface area contributed by atoms with Gasteiger partial charge in [0, 0.05) is 49.6 Å². The fourth-order valence-electron chi connectivity index (χ4n) is 3.62. The zero-order valence-electron chi connectivity index (χ0n) is 16.2. The number of pyridine rings is 1. The molecule has 0 aliphatic carbocycles. The predicted molar refractivity (Wildman–Crippen MR) is 111 cm³/mol. The van der Waals surface area contributed by atoms with E-state index < -0.39 is 0 Å². The lowest BCUT2D eigenvalue weighted by Crippen LogP contribution is -2.44. The van der Waals surface area contributed by atoms with Gasteiger partial charge in [0.25, 0.3) is 5.91 Å². The summed E-state index contributed by atoms with van der Waals surface area (Å²) in [6.45, 7) is 5.05. The smallest absolute Gasteiger partial charge is 0.291 e. The van der Waals surface area contributed by atoms with E-state index in [1.807, 2.05) is 18.2 Å². The quantitative estimate of drug-likeness (QED) is 0.557. The molecule has 5 rings (SSSR count). The maximum atomic E-state index is 12.6. The number of H-pyrrole nitrogens is 1. The number of hydrogen-bond donors (Lipinski definition) is 2. The van der Waals surface area contributed by atoms with Crippen LogP contribution in [0.15, 0.2) is 47.1 Å². The SMILES string of the molecule is CN1CCN(Cc2nc3ccc(NC(=O)c4cc5cnccc5o4)cc3[nH]2)CC1. The molecule has 1 aromatic carbocycles. The van der Waals surface area contributed by atoms with Crippen molar-refractivity contribution in [1.82, 2.24) is 24.8 Å². The van der Waals surface area contributed by atoms with E-state index >= 15 is 0 Å². The Morgan fingerprint density at radius 1 is 1.21 bits per heavy atom. The van der Waals surface area contributed by atoms with E-state index in [0.717, 1.165) is 55.0 Å². The van der Waals surface area contributed by atoms with Crippen molar-refractivity contribution in [3.63, 3.8) is 0 Å². The molecule has 3 aromatic heterocycles. The van der Waals surface area contributed by atoms with Crippen LogP contribution in [0.3, 0.4) is 0 Å². The Bertz CT molecular complexity index is 1140. The fourth-order valence-corrected chi connectivity index (χ4v) is 3.62. The second kappa shape index (κ2) is 7.31. The van der Waals surface area contributed by atoms with Gasteiger partial charge in [0.05, 0.1) is 17.6 Å². The molecule has 8 nitrogen and oxygen atoms in total. The lowest BCUT2D eigenvalue weighted by molar-refractivity contribution is 0.0998. The summed E-state index contributed by atoms with van der Waals surface area (Å²) in [6.07, 6.45) is 3.31. The van der Waals surface area contributed by atoms with Gasteiger partial charge in [0.15, 0.2) is 5.76 Å². The van der Waals surface area contributed by atoms with Crippen LogP contribution >= 0.6 is 0 Å². The molecule has 4 heterocycles. The highest BCUT2D eigenvalue weighted by molar-refractivity contribution is 6.05. The Morgan fingerprint density at radius 3 is 2.90 bits per heavy atom. The number of hydrogen-bond acceptors (Lipinski definition) is 6. The average molecular weight is 390 g/mol. The number of carbonyl (C=O) groups excluding carboxylic acids is 1. The van der Waals surface area contributed by atoms with Gasteiger partial charge in [-0.3, -0.25) is 14.7 Å². The number of rotatable bonds is 4. The van der Waals surface area contributed by atoms with Gasteiger partial charge in [-0.2, -0.15) is 0 Å². The summed E-state index contributed by atoms with van der Waals surface area (Å²) in [7, 11) is 2.15. The normalized spacial score (nSPS) is 15.9. The number of fused-ring (bicyclic) bond motifs is 2. The highest BCUT2D eigenvalue weighted by Gasteiger charge is 2.16. The van der Waals surface area contributed by atoms with Crippen LogP contribution < -0.4 is 5.32 Å². The average Bonchev–Trinajstić information content (AvgIpc) is 3.33. The number of carbonyl (C=O) groups is 1. The molecule has 8 heteroatoms. The van der Waals surface area contributed by atoms with Crippen molar-refractivity contribution in [3.8, 4) is 0 Å². The minimum absolute atomic E-state index is 0.258. The van der Waals surface area contributed by atoms with Gasteiger partial charge in [-0.15, -0.1) is 0 Å². The number of imidazole rings is 1. The maximum Gasteiger partial charge on any atom is 0.291 e. The number of amides is 1. The van der Waals surface area contributed by atoms with Crippen LogP contribution in [-0.4, -0.2) is 63.9 Å². The molecular formula is C21H22N6O2. The number of anilines is 1. The summed E-state index contributed by atoms with van der Waals surface area (Å²) in [5.74, 6) is 0.906. The lowest BCUT2D eigenvalue weighted by Gasteiger charge is -2.31. The fraction of sp³-hybridized carbons (Fsp3) is 0.286. The molecule has 0 bridgehead atoms. The Hall–Kier alpha value is -3.23. The van der Waals surface area contributed by atoms with Crippen molar-refractivity contribution in [2.75, 3.05) is 38.5 Å². The van der Waals surface area contributed by atoms with Crippen LogP contribution in [0, 0.1) is 0 Å². The molecule has 148 valence electrons. The zero-order chi connectivity index (χ0) is 19.8. The van der Waals surface area contributed by atoms with Gasteiger partial charge >= 0.3 is 0 Å². The number of benzene rings is 1. The Kier molecular flexibility index (Phi) is 4.49. The predicted octanol–water partition coefficient (Wildman–Crippen LogP) is 2.70. The molecule has 0 atom stereocenters. The minimum atomic E-state index is -0.294. The van der Waals surface area contributed by atoms with Gasteiger partial charge in [-0.1, -0.05) is 0 Å². The number of aromatic amines is 1. The Morgan fingerprint density at radius 2 is 2.07 bits per heavy atom. The molecule has 0 radical (unpaired) electrons. The third-order valence-electron chi connectivity index (χ3n) is 5.30. The number of piperazine rings is 1. The van der Waals surface area contributed by atoms with Crippen molar-refractivity contribution in [2.45, 2.75) is 6.54 Å². The number of nitrogens with zero attached hydrogens (tertiary/aromatic N) is 4. The molecular weight excluding hydrogens is 368 g/mol. The molecule has 0 saturated carbocycles. The third-order valence-corrected chi connectivity index (χ3v) is 5.30. The molecule has 0 spiro atoms. The van der Waals surface area contributed by atoms with E-state index in [1.54, 1.807) is 24.5 Å². The molecule has 1 amide bonds. The summed E-state index contributed by atoms with van der Waals surface area (Å²) >= 11 is 0. The maximum absolute atomic E-state index is 12.6. The second-order valence-corrected chi connectivity index (χ2v) is 7.47. The first-order chi connectivity index (χ1) is 14.1. The summed E-state index contributed by atoms with van der Waals surface area (Å²) in [5.41, 5.74) is 3.13. The van der Waals surface area contributed by atoms with E-state index in [4.69, 9.17) is 4.42 Å². The van der Waals surface area contributed by atoms with Crippen LogP contribution in [0.4, 0.5) is 5.69 Å². The van der Waals surface area contributed by atoms with Crippen LogP contribution in [0.1, 0.15) is 16.4 Å². The van der Waals surface area contributed by atoms with Gasteiger partial charge in [0.2, 0.25) is 0 Å². The third kappa shape index (κ3) is 3.72. The van der Waals surface area contributed by atoms with Gasteiger partial charge in [-0.25, -0.2) is 4.98 Å². The van der Waals surface area contributed by atoms with Gasteiger partial charge < -0.3 is 19.6 Å². The summed E-state index contributed by atoms with van der Waals surface area (Å²) in [6, 6.07) is 9.10. The van der Waals surface area contributed by atoms with Gasteiger partial charge in [-0.05, 0) is 37.4 Å². The first-order valence-corrected chi connectivity index (χ1v) is 9.68. The Balaban J connectivity index is 1.31. The topological polar surface area (TPSA) is 90.3 Å². The van der Waals surface area contributed by atoms with Gasteiger partial charge in [0.1, 0.15) is 11.4 Å². The van der Waals surface area contributed by atoms with E-state index in [0.29, 0.717) is 11.3 Å². The first-order valence-electron chi connectivity index (χ1n) is 9.68.